The Morgan fingerprint density at radius 1 is 1.17 bits per heavy atom. The number of benzene rings is 1. The molecule has 1 amide bonds. The average Bonchev–Trinajstić information content (AvgIpc) is 3.53. The van der Waals surface area contributed by atoms with Crippen LogP contribution in [0.4, 0.5) is 0 Å². The standard InChI is InChI=1S/C23H25N3O3S/c27-13-12-25(11-10-18-6-2-1-3-7-18)17-23(28)26-20(22-9-5-15-30-22)16-19(24-26)21-8-4-14-29-21/h1-9,14-15,20,27H,10-13,16-17H2. The lowest BCUT2D eigenvalue weighted by Gasteiger charge is -2.26. The van der Waals surface area contributed by atoms with Gasteiger partial charge >= 0.3 is 0 Å². The van der Waals surface area contributed by atoms with E-state index in [1.807, 2.05) is 52.7 Å². The van der Waals surface area contributed by atoms with E-state index < -0.39 is 0 Å². The molecule has 7 heteroatoms. The van der Waals surface area contributed by atoms with E-state index in [9.17, 15) is 9.90 Å². The van der Waals surface area contributed by atoms with Gasteiger partial charge in [0, 0.05) is 24.4 Å². The minimum absolute atomic E-state index is 0.0112. The number of rotatable bonds is 9. The first-order chi connectivity index (χ1) is 14.7. The molecule has 30 heavy (non-hydrogen) atoms. The van der Waals surface area contributed by atoms with Crippen LogP contribution in [-0.4, -0.2) is 52.9 Å². The molecule has 0 radical (unpaired) electrons. The number of hydrogen-bond acceptors (Lipinski definition) is 6. The van der Waals surface area contributed by atoms with Crippen molar-refractivity contribution in [2.45, 2.75) is 18.9 Å². The van der Waals surface area contributed by atoms with E-state index in [4.69, 9.17) is 4.42 Å². The minimum Gasteiger partial charge on any atom is -0.463 e. The fraction of sp³-hybridized carbons (Fsp3) is 0.304. The predicted octanol–water partition coefficient (Wildman–Crippen LogP) is 3.56. The third-order valence-corrected chi connectivity index (χ3v) is 6.15. The van der Waals surface area contributed by atoms with Crippen molar-refractivity contribution in [3.05, 3.63) is 82.4 Å². The molecule has 1 unspecified atom stereocenters. The topological polar surface area (TPSA) is 69.3 Å². The van der Waals surface area contributed by atoms with Gasteiger partial charge < -0.3 is 9.52 Å². The highest BCUT2D eigenvalue weighted by molar-refractivity contribution is 7.10. The molecule has 0 aliphatic carbocycles. The van der Waals surface area contributed by atoms with Gasteiger partial charge in [-0.3, -0.25) is 9.69 Å². The molecule has 6 nitrogen and oxygen atoms in total. The summed E-state index contributed by atoms with van der Waals surface area (Å²) in [6.45, 7) is 1.37. The molecule has 156 valence electrons. The van der Waals surface area contributed by atoms with Crippen LogP contribution in [-0.2, 0) is 11.2 Å². The van der Waals surface area contributed by atoms with Gasteiger partial charge in [0.05, 0.1) is 25.5 Å². The smallest absolute Gasteiger partial charge is 0.257 e. The van der Waals surface area contributed by atoms with Crippen LogP contribution < -0.4 is 0 Å². The Kier molecular flexibility index (Phi) is 6.74. The zero-order valence-corrected chi connectivity index (χ0v) is 17.5. The van der Waals surface area contributed by atoms with Crippen LogP contribution in [0.25, 0.3) is 0 Å². The molecule has 1 atom stereocenters. The van der Waals surface area contributed by atoms with Gasteiger partial charge in [-0.2, -0.15) is 5.10 Å². The number of thiophene rings is 1. The van der Waals surface area contributed by atoms with E-state index in [0.717, 1.165) is 17.0 Å². The van der Waals surface area contributed by atoms with Crippen molar-refractivity contribution in [3.8, 4) is 0 Å². The second kappa shape index (κ2) is 9.84. The monoisotopic (exact) mass is 423 g/mol. The highest BCUT2D eigenvalue weighted by Crippen LogP contribution is 2.35. The largest absolute Gasteiger partial charge is 0.463 e. The SMILES string of the molecule is O=C(CN(CCO)CCc1ccccc1)N1N=C(c2ccco2)CC1c1cccs1. The first kappa shape index (κ1) is 20.5. The molecule has 0 bridgehead atoms. The number of aliphatic hydroxyl groups is 1. The van der Waals surface area contributed by atoms with E-state index >= 15 is 0 Å². The van der Waals surface area contributed by atoms with E-state index in [2.05, 4.69) is 17.2 Å². The molecule has 2 aromatic heterocycles. The third kappa shape index (κ3) is 4.87. The molecule has 1 aliphatic heterocycles. The second-order valence-electron chi connectivity index (χ2n) is 7.23. The minimum atomic E-state index is -0.123. The molecule has 0 spiro atoms. The Hall–Kier alpha value is -2.74. The molecule has 3 heterocycles. The summed E-state index contributed by atoms with van der Waals surface area (Å²) < 4.78 is 5.51. The lowest BCUT2D eigenvalue weighted by Crippen LogP contribution is -2.40. The summed E-state index contributed by atoms with van der Waals surface area (Å²) in [7, 11) is 0. The van der Waals surface area contributed by atoms with Gasteiger partial charge in [-0.15, -0.1) is 11.3 Å². The molecule has 0 fully saturated rings. The van der Waals surface area contributed by atoms with Crippen molar-refractivity contribution >= 4 is 23.0 Å². The van der Waals surface area contributed by atoms with Gasteiger partial charge in [-0.1, -0.05) is 36.4 Å². The van der Waals surface area contributed by atoms with Crippen LogP contribution in [0, 0.1) is 0 Å². The zero-order valence-electron chi connectivity index (χ0n) is 16.7. The number of aliphatic hydroxyl groups excluding tert-OH is 1. The summed E-state index contributed by atoms with van der Waals surface area (Å²) in [6.07, 6.45) is 3.07. The summed E-state index contributed by atoms with van der Waals surface area (Å²) in [5.41, 5.74) is 1.99. The van der Waals surface area contributed by atoms with Gasteiger partial charge in [-0.25, -0.2) is 5.01 Å². The maximum Gasteiger partial charge on any atom is 0.257 e. The average molecular weight is 424 g/mol. The Morgan fingerprint density at radius 3 is 2.73 bits per heavy atom. The Balaban J connectivity index is 1.47. The van der Waals surface area contributed by atoms with Crippen molar-refractivity contribution in [1.82, 2.24) is 9.91 Å². The molecular formula is C23H25N3O3S. The fourth-order valence-electron chi connectivity index (χ4n) is 3.64. The number of nitrogens with zero attached hydrogens (tertiary/aromatic N) is 3. The number of amides is 1. The molecule has 3 aromatic rings. The highest BCUT2D eigenvalue weighted by Gasteiger charge is 2.35. The second-order valence-corrected chi connectivity index (χ2v) is 8.21. The summed E-state index contributed by atoms with van der Waals surface area (Å²) >= 11 is 1.63. The maximum atomic E-state index is 13.2. The Morgan fingerprint density at radius 2 is 2.03 bits per heavy atom. The van der Waals surface area contributed by atoms with Crippen LogP contribution in [0.15, 0.2) is 75.8 Å². The van der Waals surface area contributed by atoms with E-state index in [1.54, 1.807) is 22.6 Å². The molecule has 0 saturated carbocycles. The van der Waals surface area contributed by atoms with E-state index in [0.29, 0.717) is 25.3 Å². The van der Waals surface area contributed by atoms with Crippen LogP contribution in [0.1, 0.15) is 28.7 Å². The van der Waals surface area contributed by atoms with Crippen molar-refractivity contribution in [2.75, 3.05) is 26.2 Å². The quantitative estimate of drug-likeness (QED) is 0.571. The zero-order chi connectivity index (χ0) is 20.8. The Bertz CT molecular complexity index is 955. The first-order valence-corrected chi connectivity index (χ1v) is 11.0. The number of hydrazone groups is 1. The van der Waals surface area contributed by atoms with Crippen molar-refractivity contribution in [2.24, 2.45) is 5.10 Å². The normalized spacial score (nSPS) is 16.3. The first-order valence-electron chi connectivity index (χ1n) is 10.1. The lowest BCUT2D eigenvalue weighted by molar-refractivity contribution is -0.134. The summed E-state index contributed by atoms with van der Waals surface area (Å²) in [5.74, 6) is 0.625. The summed E-state index contributed by atoms with van der Waals surface area (Å²) in [4.78, 5) is 16.3. The molecule has 0 saturated heterocycles. The molecule has 1 aliphatic rings. The lowest BCUT2D eigenvalue weighted by atomic mass is 10.1. The predicted molar refractivity (Wildman–Crippen MR) is 117 cm³/mol. The highest BCUT2D eigenvalue weighted by atomic mass is 32.1. The van der Waals surface area contributed by atoms with Crippen LogP contribution in [0.5, 0.6) is 0 Å². The molecule has 1 N–H and O–H groups in total. The van der Waals surface area contributed by atoms with Crippen LogP contribution >= 0.6 is 11.3 Å². The van der Waals surface area contributed by atoms with E-state index in [1.165, 1.54) is 5.56 Å². The number of hydrogen-bond donors (Lipinski definition) is 1. The van der Waals surface area contributed by atoms with Crippen LogP contribution in [0.3, 0.4) is 0 Å². The molecule has 1 aromatic carbocycles. The maximum absolute atomic E-state index is 13.2. The van der Waals surface area contributed by atoms with Gasteiger partial charge in [0.15, 0.2) is 0 Å². The molecular weight excluding hydrogens is 398 g/mol. The van der Waals surface area contributed by atoms with Gasteiger partial charge in [-0.05, 0) is 35.6 Å². The number of carbonyl (C=O) groups is 1. The van der Waals surface area contributed by atoms with Crippen molar-refractivity contribution < 1.29 is 14.3 Å². The van der Waals surface area contributed by atoms with Gasteiger partial charge in [0.2, 0.25) is 0 Å². The van der Waals surface area contributed by atoms with Crippen LogP contribution in [0.2, 0.25) is 0 Å². The fourth-order valence-corrected chi connectivity index (χ4v) is 4.45. The Labute approximate surface area is 180 Å². The van der Waals surface area contributed by atoms with Crippen molar-refractivity contribution in [3.63, 3.8) is 0 Å². The number of carbonyl (C=O) groups excluding carboxylic acids is 1. The van der Waals surface area contributed by atoms with Gasteiger partial charge in [0.1, 0.15) is 11.5 Å². The molecule has 4 rings (SSSR count). The number of furan rings is 1. The van der Waals surface area contributed by atoms with E-state index in [-0.39, 0.29) is 25.1 Å². The van der Waals surface area contributed by atoms with Gasteiger partial charge in [0.25, 0.3) is 5.91 Å². The summed E-state index contributed by atoms with van der Waals surface area (Å²) in [6, 6.07) is 17.8. The summed E-state index contributed by atoms with van der Waals surface area (Å²) in [5, 5.41) is 17.7. The van der Waals surface area contributed by atoms with Crippen molar-refractivity contribution in [1.29, 1.82) is 0 Å². The third-order valence-electron chi connectivity index (χ3n) is 5.18.